The van der Waals surface area contributed by atoms with Gasteiger partial charge in [0.05, 0.1) is 13.2 Å². The van der Waals surface area contributed by atoms with Crippen LogP contribution in [0.2, 0.25) is 0 Å². The van der Waals surface area contributed by atoms with Gasteiger partial charge >= 0.3 is 0 Å². The van der Waals surface area contributed by atoms with Crippen LogP contribution in [0.1, 0.15) is 37.3 Å². The fraction of sp³-hybridized carbons (Fsp3) is 0.444. The number of methoxy groups -OCH3 is 1. The Bertz CT molecular complexity index is 653. The van der Waals surface area contributed by atoms with E-state index in [9.17, 15) is 5.11 Å². The molecule has 1 aromatic rings. The molecule has 4 rings (SSSR count). The number of aliphatic hydroxyl groups is 1. The van der Waals surface area contributed by atoms with E-state index in [1.807, 2.05) is 0 Å². The van der Waals surface area contributed by atoms with E-state index in [0.29, 0.717) is 0 Å². The maximum Gasteiger partial charge on any atom is 0.119 e. The van der Waals surface area contributed by atoms with Crippen molar-refractivity contribution in [1.82, 2.24) is 0 Å². The Morgan fingerprint density at radius 3 is 2.95 bits per heavy atom. The smallest absolute Gasteiger partial charge is 0.119 e. The average Bonchev–Trinajstić information content (AvgIpc) is 2.96. The standard InChI is InChI=1S/C18H20O2/c1-18-8-7-14-13-4-3-12(20-2)9-11(13)10-15(14)16(18)5-6-17(18)19/h3-5,9,17,19H,6-8,10H2,1-2H3/t17-,18-/m1/s1. The van der Waals surface area contributed by atoms with Crippen LogP contribution in [0, 0.1) is 5.41 Å². The average molecular weight is 268 g/mol. The van der Waals surface area contributed by atoms with Crippen molar-refractivity contribution < 1.29 is 9.84 Å². The summed E-state index contributed by atoms with van der Waals surface area (Å²) in [5.74, 6) is 0.937. The van der Waals surface area contributed by atoms with E-state index in [1.54, 1.807) is 7.11 Å². The predicted octanol–water partition coefficient (Wildman–Crippen LogP) is 3.50. The summed E-state index contributed by atoms with van der Waals surface area (Å²) in [4.78, 5) is 0. The summed E-state index contributed by atoms with van der Waals surface area (Å²) in [6, 6.07) is 6.42. The van der Waals surface area contributed by atoms with Crippen LogP contribution in [0.25, 0.3) is 5.57 Å². The first-order valence-electron chi connectivity index (χ1n) is 7.42. The van der Waals surface area contributed by atoms with Crippen LogP contribution in [0.5, 0.6) is 5.75 Å². The first-order valence-corrected chi connectivity index (χ1v) is 7.42. The van der Waals surface area contributed by atoms with Gasteiger partial charge in [-0.05, 0) is 65.7 Å². The minimum atomic E-state index is -0.204. The highest BCUT2D eigenvalue weighted by Crippen LogP contribution is 2.56. The van der Waals surface area contributed by atoms with Crippen molar-refractivity contribution in [2.45, 2.75) is 38.7 Å². The van der Waals surface area contributed by atoms with E-state index in [2.05, 4.69) is 31.2 Å². The second kappa shape index (κ2) is 3.98. The second-order valence-corrected chi connectivity index (χ2v) is 6.44. The van der Waals surface area contributed by atoms with Crippen molar-refractivity contribution in [3.05, 3.63) is 46.5 Å². The van der Waals surface area contributed by atoms with Crippen LogP contribution in [-0.4, -0.2) is 18.3 Å². The Hall–Kier alpha value is -1.54. The minimum Gasteiger partial charge on any atom is -0.497 e. The highest BCUT2D eigenvalue weighted by atomic mass is 16.5. The van der Waals surface area contributed by atoms with Gasteiger partial charge in [-0.2, -0.15) is 0 Å². The van der Waals surface area contributed by atoms with Gasteiger partial charge in [0.25, 0.3) is 0 Å². The summed E-state index contributed by atoms with van der Waals surface area (Å²) in [5, 5.41) is 10.3. The van der Waals surface area contributed by atoms with E-state index in [-0.39, 0.29) is 11.5 Å². The number of ether oxygens (including phenoxy) is 1. The summed E-state index contributed by atoms with van der Waals surface area (Å²) in [6.07, 6.45) is 6.01. The topological polar surface area (TPSA) is 29.5 Å². The molecule has 3 aliphatic carbocycles. The molecule has 20 heavy (non-hydrogen) atoms. The van der Waals surface area contributed by atoms with Gasteiger partial charge in [0, 0.05) is 5.41 Å². The number of allylic oxidation sites excluding steroid dienone is 2. The molecule has 0 saturated carbocycles. The van der Waals surface area contributed by atoms with E-state index >= 15 is 0 Å². The SMILES string of the molecule is COc1ccc2c(c1)CC1=C2CC[C@]2(C)C1=CC[C@H]2O. The van der Waals surface area contributed by atoms with Gasteiger partial charge in [0.15, 0.2) is 0 Å². The highest BCUT2D eigenvalue weighted by molar-refractivity contribution is 5.82. The molecule has 1 N–H and O–H groups in total. The third-order valence-electron chi connectivity index (χ3n) is 5.48. The quantitative estimate of drug-likeness (QED) is 0.844. The van der Waals surface area contributed by atoms with Crippen LogP contribution in [0.4, 0.5) is 0 Å². The molecule has 2 heteroatoms. The number of fused-ring (bicyclic) bond motifs is 4. The lowest BCUT2D eigenvalue weighted by atomic mass is 9.69. The lowest BCUT2D eigenvalue weighted by Crippen LogP contribution is -2.32. The van der Waals surface area contributed by atoms with Crippen molar-refractivity contribution in [3.8, 4) is 5.75 Å². The normalized spacial score (nSPS) is 30.8. The largest absolute Gasteiger partial charge is 0.497 e. The summed E-state index contributed by atoms with van der Waals surface area (Å²) in [5.41, 5.74) is 7.12. The van der Waals surface area contributed by atoms with Crippen LogP contribution in [0.3, 0.4) is 0 Å². The molecule has 0 amide bonds. The van der Waals surface area contributed by atoms with Crippen molar-refractivity contribution in [2.75, 3.05) is 7.11 Å². The molecule has 0 aliphatic heterocycles. The molecule has 1 aromatic carbocycles. The molecule has 104 valence electrons. The van der Waals surface area contributed by atoms with Crippen molar-refractivity contribution in [1.29, 1.82) is 0 Å². The molecular weight excluding hydrogens is 248 g/mol. The Labute approximate surface area is 119 Å². The van der Waals surface area contributed by atoms with E-state index < -0.39 is 0 Å². The monoisotopic (exact) mass is 268 g/mol. The van der Waals surface area contributed by atoms with Gasteiger partial charge in [0.2, 0.25) is 0 Å². The summed E-state index contributed by atoms with van der Waals surface area (Å²) >= 11 is 0. The van der Waals surface area contributed by atoms with Gasteiger partial charge in [-0.1, -0.05) is 19.1 Å². The third-order valence-corrected chi connectivity index (χ3v) is 5.48. The third kappa shape index (κ3) is 1.43. The zero-order valence-corrected chi connectivity index (χ0v) is 12.1. The number of aliphatic hydroxyl groups excluding tert-OH is 1. The first kappa shape index (κ1) is 12.2. The van der Waals surface area contributed by atoms with Crippen LogP contribution in [-0.2, 0) is 6.42 Å². The molecule has 0 spiro atoms. The van der Waals surface area contributed by atoms with Crippen LogP contribution in [0.15, 0.2) is 35.4 Å². The van der Waals surface area contributed by atoms with Gasteiger partial charge in [-0.3, -0.25) is 0 Å². The molecule has 0 unspecified atom stereocenters. The van der Waals surface area contributed by atoms with E-state index in [1.165, 1.54) is 27.8 Å². The maximum atomic E-state index is 10.3. The summed E-state index contributed by atoms with van der Waals surface area (Å²) in [7, 11) is 1.72. The Balaban J connectivity index is 1.80. The van der Waals surface area contributed by atoms with Crippen molar-refractivity contribution in [2.24, 2.45) is 5.41 Å². The second-order valence-electron chi connectivity index (χ2n) is 6.44. The van der Waals surface area contributed by atoms with Gasteiger partial charge < -0.3 is 9.84 Å². The van der Waals surface area contributed by atoms with Crippen molar-refractivity contribution in [3.63, 3.8) is 0 Å². The number of hydrogen-bond donors (Lipinski definition) is 1. The fourth-order valence-electron chi connectivity index (χ4n) is 4.20. The first-order chi connectivity index (χ1) is 9.63. The molecule has 0 saturated heterocycles. The highest BCUT2D eigenvalue weighted by Gasteiger charge is 2.46. The lowest BCUT2D eigenvalue weighted by Gasteiger charge is -2.37. The molecule has 0 heterocycles. The molecule has 2 nitrogen and oxygen atoms in total. The zero-order chi connectivity index (χ0) is 13.9. The fourth-order valence-corrected chi connectivity index (χ4v) is 4.20. The molecule has 0 fully saturated rings. The van der Waals surface area contributed by atoms with Crippen LogP contribution < -0.4 is 4.74 Å². The van der Waals surface area contributed by atoms with E-state index in [0.717, 1.165) is 31.4 Å². The summed E-state index contributed by atoms with van der Waals surface area (Å²) in [6.45, 7) is 2.23. The van der Waals surface area contributed by atoms with Gasteiger partial charge in [-0.25, -0.2) is 0 Å². The van der Waals surface area contributed by atoms with Crippen molar-refractivity contribution >= 4 is 5.57 Å². The number of hydrogen-bond acceptors (Lipinski definition) is 2. The Morgan fingerprint density at radius 2 is 2.15 bits per heavy atom. The minimum absolute atomic E-state index is 0.0229. The molecule has 3 aliphatic rings. The predicted molar refractivity (Wildman–Crippen MR) is 79.7 cm³/mol. The molecule has 0 aromatic heterocycles. The summed E-state index contributed by atoms with van der Waals surface area (Å²) < 4.78 is 5.34. The van der Waals surface area contributed by atoms with Gasteiger partial charge in [-0.15, -0.1) is 0 Å². The molecule has 2 atom stereocenters. The lowest BCUT2D eigenvalue weighted by molar-refractivity contribution is 0.0732. The number of rotatable bonds is 1. The maximum absolute atomic E-state index is 10.3. The Morgan fingerprint density at radius 1 is 1.30 bits per heavy atom. The van der Waals surface area contributed by atoms with E-state index in [4.69, 9.17) is 4.74 Å². The van der Waals surface area contributed by atoms with Crippen LogP contribution >= 0.6 is 0 Å². The Kier molecular flexibility index (Phi) is 2.43. The zero-order valence-electron chi connectivity index (χ0n) is 12.1. The van der Waals surface area contributed by atoms with Gasteiger partial charge in [0.1, 0.15) is 5.75 Å². The molecular formula is C18H20O2. The molecule has 0 bridgehead atoms. The molecule has 0 radical (unpaired) electrons. The number of benzene rings is 1.